The van der Waals surface area contributed by atoms with Crippen LogP contribution in [0.15, 0.2) is 30.9 Å². The Hall–Kier alpha value is -1.75. The van der Waals surface area contributed by atoms with Gasteiger partial charge >= 0.3 is 0 Å². The molecule has 0 spiro atoms. The van der Waals surface area contributed by atoms with E-state index in [1.54, 1.807) is 11.0 Å². The number of hydrogen-bond acceptors (Lipinski definition) is 3. The van der Waals surface area contributed by atoms with E-state index in [1.807, 2.05) is 13.0 Å². The molecular weight excluding hydrogens is 207 g/mol. The number of halogens is 1. The first-order valence-electron chi connectivity index (χ1n) is 5.15. The minimum absolute atomic E-state index is 0.263. The summed E-state index contributed by atoms with van der Waals surface area (Å²) in [5, 5.41) is 7.12. The zero-order chi connectivity index (χ0) is 11.4. The maximum Gasteiger partial charge on any atom is 0.138 e. The second-order valence-corrected chi connectivity index (χ2v) is 3.44. The van der Waals surface area contributed by atoms with Crippen LogP contribution in [0.25, 0.3) is 5.69 Å². The van der Waals surface area contributed by atoms with Crippen molar-refractivity contribution in [2.75, 3.05) is 6.54 Å². The van der Waals surface area contributed by atoms with Crippen molar-refractivity contribution in [3.05, 3.63) is 42.2 Å². The van der Waals surface area contributed by atoms with Crippen molar-refractivity contribution in [2.45, 2.75) is 13.5 Å². The van der Waals surface area contributed by atoms with E-state index in [4.69, 9.17) is 0 Å². The third-order valence-electron chi connectivity index (χ3n) is 2.20. The first-order valence-corrected chi connectivity index (χ1v) is 5.15. The summed E-state index contributed by atoms with van der Waals surface area (Å²) >= 11 is 0. The average molecular weight is 220 g/mol. The Morgan fingerprint density at radius 1 is 1.38 bits per heavy atom. The molecule has 1 aromatic carbocycles. The molecular formula is C11H13FN4. The quantitative estimate of drug-likeness (QED) is 0.849. The van der Waals surface area contributed by atoms with Gasteiger partial charge in [0.25, 0.3) is 0 Å². The number of nitrogens with zero attached hydrogens (tertiary/aromatic N) is 3. The summed E-state index contributed by atoms with van der Waals surface area (Å²) in [6.45, 7) is 3.52. The van der Waals surface area contributed by atoms with Gasteiger partial charge in [-0.3, -0.25) is 0 Å². The summed E-state index contributed by atoms with van der Waals surface area (Å²) in [5.74, 6) is -0.263. The molecule has 0 aliphatic carbocycles. The van der Waals surface area contributed by atoms with E-state index < -0.39 is 0 Å². The van der Waals surface area contributed by atoms with Crippen LogP contribution in [-0.2, 0) is 6.54 Å². The van der Waals surface area contributed by atoms with Gasteiger partial charge in [0.2, 0.25) is 0 Å². The Morgan fingerprint density at radius 2 is 2.25 bits per heavy atom. The third-order valence-corrected chi connectivity index (χ3v) is 2.20. The molecule has 1 aromatic heterocycles. The van der Waals surface area contributed by atoms with Gasteiger partial charge in [0.05, 0.1) is 5.69 Å². The van der Waals surface area contributed by atoms with E-state index in [2.05, 4.69) is 15.4 Å². The van der Waals surface area contributed by atoms with Crippen molar-refractivity contribution in [1.29, 1.82) is 0 Å². The highest BCUT2D eigenvalue weighted by atomic mass is 19.1. The number of rotatable bonds is 4. The highest BCUT2D eigenvalue weighted by Gasteiger charge is 2.02. The molecule has 0 atom stereocenters. The number of aromatic nitrogens is 3. The molecule has 0 unspecified atom stereocenters. The van der Waals surface area contributed by atoms with Crippen LogP contribution in [0.2, 0.25) is 0 Å². The standard InChI is InChI=1S/C11H13FN4/c1-2-13-6-9-3-10(12)5-11(4-9)16-8-14-7-15-16/h3-5,7-8,13H,2,6H2,1H3. The fraction of sp³-hybridized carbons (Fsp3) is 0.273. The zero-order valence-electron chi connectivity index (χ0n) is 9.02. The van der Waals surface area contributed by atoms with Crippen LogP contribution in [0.4, 0.5) is 4.39 Å². The molecule has 84 valence electrons. The van der Waals surface area contributed by atoms with Crippen LogP contribution in [0.3, 0.4) is 0 Å². The summed E-state index contributed by atoms with van der Waals surface area (Å²) in [5.41, 5.74) is 1.58. The van der Waals surface area contributed by atoms with Crippen LogP contribution in [0, 0.1) is 5.82 Å². The highest BCUT2D eigenvalue weighted by Crippen LogP contribution is 2.12. The van der Waals surface area contributed by atoms with Gasteiger partial charge < -0.3 is 5.32 Å². The van der Waals surface area contributed by atoms with E-state index in [-0.39, 0.29) is 5.82 Å². The molecule has 0 radical (unpaired) electrons. The Labute approximate surface area is 93.1 Å². The predicted molar refractivity (Wildman–Crippen MR) is 58.7 cm³/mol. The second kappa shape index (κ2) is 4.85. The first kappa shape index (κ1) is 10.8. The Morgan fingerprint density at radius 3 is 2.94 bits per heavy atom. The lowest BCUT2D eigenvalue weighted by atomic mass is 10.2. The Bertz CT molecular complexity index is 453. The summed E-state index contributed by atoms with van der Waals surface area (Å²) in [4.78, 5) is 3.83. The van der Waals surface area contributed by atoms with Gasteiger partial charge in [0.15, 0.2) is 0 Å². The van der Waals surface area contributed by atoms with Gasteiger partial charge in [0.1, 0.15) is 18.5 Å². The molecule has 4 nitrogen and oxygen atoms in total. The fourth-order valence-corrected chi connectivity index (χ4v) is 1.48. The van der Waals surface area contributed by atoms with E-state index in [0.717, 1.165) is 12.1 Å². The van der Waals surface area contributed by atoms with E-state index in [9.17, 15) is 4.39 Å². The SMILES string of the molecule is CCNCc1cc(F)cc(-n2cncn2)c1. The molecule has 0 saturated heterocycles. The summed E-state index contributed by atoms with van der Waals surface area (Å²) in [6.07, 6.45) is 2.97. The largest absolute Gasteiger partial charge is 0.313 e. The van der Waals surface area contributed by atoms with E-state index in [1.165, 1.54) is 18.5 Å². The fourth-order valence-electron chi connectivity index (χ4n) is 1.48. The molecule has 0 fully saturated rings. The summed E-state index contributed by atoms with van der Waals surface area (Å²) in [6, 6.07) is 4.84. The molecule has 16 heavy (non-hydrogen) atoms. The minimum Gasteiger partial charge on any atom is -0.313 e. The molecule has 0 amide bonds. The van der Waals surface area contributed by atoms with Crippen molar-refractivity contribution in [3.8, 4) is 5.69 Å². The van der Waals surface area contributed by atoms with Gasteiger partial charge in [-0.15, -0.1) is 0 Å². The maximum atomic E-state index is 13.4. The van der Waals surface area contributed by atoms with Gasteiger partial charge in [-0.1, -0.05) is 6.92 Å². The van der Waals surface area contributed by atoms with Crippen LogP contribution >= 0.6 is 0 Å². The monoisotopic (exact) mass is 220 g/mol. The lowest BCUT2D eigenvalue weighted by Gasteiger charge is -2.06. The minimum atomic E-state index is -0.263. The normalized spacial score (nSPS) is 10.6. The average Bonchev–Trinajstić information content (AvgIpc) is 2.79. The predicted octanol–water partition coefficient (Wildman–Crippen LogP) is 1.52. The van der Waals surface area contributed by atoms with E-state index >= 15 is 0 Å². The molecule has 1 heterocycles. The van der Waals surface area contributed by atoms with Crippen LogP contribution < -0.4 is 5.32 Å². The number of benzene rings is 1. The van der Waals surface area contributed by atoms with E-state index in [0.29, 0.717) is 12.2 Å². The van der Waals surface area contributed by atoms with Crippen molar-refractivity contribution in [1.82, 2.24) is 20.1 Å². The lowest BCUT2D eigenvalue weighted by Crippen LogP contribution is -2.12. The topological polar surface area (TPSA) is 42.7 Å². The molecule has 1 N–H and O–H groups in total. The summed E-state index contributed by atoms with van der Waals surface area (Å²) in [7, 11) is 0. The molecule has 0 aliphatic rings. The molecule has 2 aromatic rings. The number of nitrogens with one attached hydrogen (secondary N) is 1. The molecule has 2 rings (SSSR count). The van der Waals surface area contributed by atoms with Crippen molar-refractivity contribution >= 4 is 0 Å². The van der Waals surface area contributed by atoms with Crippen LogP contribution in [-0.4, -0.2) is 21.3 Å². The van der Waals surface area contributed by atoms with Crippen LogP contribution in [0.1, 0.15) is 12.5 Å². The van der Waals surface area contributed by atoms with Crippen LogP contribution in [0.5, 0.6) is 0 Å². The highest BCUT2D eigenvalue weighted by molar-refractivity contribution is 5.35. The second-order valence-electron chi connectivity index (χ2n) is 3.44. The Balaban J connectivity index is 2.29. The Kier molecular flexibility index (Phi) is 3.26. The first-order chi connectivity index (χ1) is 7.79. The van der Waals surface area contributed by atoms with Gasteiger partial charge in [0, 0.05) is 6.54 Å². The zero-order valence-corrected chi connectivity index (χ0v) is 9.02. The van der Waals surface area contributed by atoms with Crippen molar-refractivity contribution in [2.24, 2.45) is 0 Å². The summed E-state index contributed by atoms with van der Waals surface area (Å²) < 4.78 is 14.9. The van der Waals surface area contributed by atoms with Gasteiger partial charge in [-0.05, 0) is 30.3 Å². The molecule has 0 saturated carbocycles. The molecule has 0 aliphatic heterocycles. The van der Waals surface area contributed by atoms with Gasteiger partial charge in [-0.2, -0.15) is 5.10 Å². The maximum absolute atomic E-state index is 13.4. The lowest BCUT2D eigenvalue weighted by molar-refractivity contribution is 0.619. The van der Waals surface area contributed by atoms with Gasteiger partial charge in [-0.25, -0.2) is 14.1 Å². The third kappa shape index (κ3) is 2.43. The van der Waals surface area contributed by atoms with Crippen molar-refractivity contribution < 1.29 is 4.39 Å². The molecule has 0 bridgehead atoms. The molecule has 5 heteroatoms. The van der Waals surface area contributed by atoms with Crippen molar-refractivity contribution in [3.63, 3.8) is 0 Å². The smallest absolute Gasteiger partial charge is 0.138 e. The number of hydrogen-bond donors (Lipinski definition) is 1.